The SMILES string of the molecule is CC(=O)OC1[C@H](OC(C)=O)O[C@]2(CC[C@H]2OC(=O)c2ccccc2)[C@@H]1OC(C)=O. The molecule has 9 heteroatoms. The Labute approximate surface area is 167 Å². The fourth-order valence-corrected chi connectivity index (χ4v) is 3.62. The second-order valence-electron chi connectivity index (χ2n) is 6.95. The van der Waals surface area contributed by atoms with Crippen molar-refractivity contribution in [3.63, 3.8) is 0 Å². The monoisotopic (exact) mass is 406 g/mol. The fraction of sp³-hybridized carbons (Fsp3) is 0.500. The first-order valence-corrected chi connectivity index (χ1v) is 9.18. The largest absolute Gasteiger partial charge is 0.456 e. The maximum absolute atomic E-state index is 12.5. The lowest BCUT2D eigenvalue weighted by Gasteiger charge is -2.47. The number of carbonyl (C=O) groups is 4. The zero-order valence-corrected chi connectivity index (χ0v) is 16.3. The first-order valence-electron chi connectivity index (χ1n) is 9.18. The molecule has 9 nitrogen and oxygen atoms in total. The summed E-state index contributed by atoms with van der Waals surface area (Å²) in [6, 6.07) is 8.39. The van der Waals surface area contributed by atoms with E-state index in [1.807, 2.05) is 0 Å². The summed E-state index contributed by atoms with van der Waals surface area (Å²) >= 11 is 0. The Hall–Kier alpha value is -2.94. The highest BCUT2D eigenvalue weighted by molar-refractivity contribution is 5.89. The molecule has 0 radical (unpaired) electrons. The Kier molecular flexibility index (Phi) is 5.88. The summed E-state index contributed by atoms with van der Waals surface area (Å²) in [6.07, 6.45) is -3.56. The van der Waals surface area contributed by atoms with Gasteiger partial charge in [-0.25, -0.2) is 4.79 Å². The molecule has 0 N–H and O–H groups in total. The van der Waals surface area contributed by atoms with Crippen molar-refractivity contribution in [2.45, 2.75) is 63.8 Å². The third-order valence-corrected chi connectivity index (χ3v) is 4.86. The van der Waals surface area contributed by atoms with E-state index in [4.69, 9.17) is 23.7 Å². The van der Waals surface area contributed by atoms with Crippen LogP contribution in [0, 0.1) is 0 Å². The summed E-state index contributed by atoms with van der Waals surface area (Å²) in [6.45, 7) is 3.55. The van der Waals surface area contributed by atoms with Crippen LogP contribution >= 0.6 is 0 Å². The Morgan fingerprint density at radius 1 is 0.897 bits per heavy atom. The molecular formula is C20H22O9. The van der Waals surface area contributed by atoms with Gasteiger partial charge in [0.05, 0.1) is 5.56 Å². The molecule has 2 fully saturated rings. The van der Waals surface area contributed by atoms with Gasteiger partial charge in [-0.05, 0) is 25.0 Å². The lowest BCUT2D eigenvalue weighted by atomic mass is 9.72. The molecule has 3 rings (SSSR count). The number of esters is 4. The van der Waals surface area contributed by atoms with Gasteiger partial charge in [0.1, 0.15) is 6.10 Å². The number of rotatable bonds is 5. The third-order valence-electron chi connectivity index (χ3n) is 4.86. The van der Waals surface area contributed by atoms with Gasteiger partial charge in [-0.1, -0.05) is 18.2 Å². The van der Waals surface area contributed by atoms with E-state index in [9.17, 15) is 19.2 Å². The standard InChI is InChI=1S/C20H22O9/c1-11(21)25-16-17(26-12(2)22)20(29-19(16)27-13(3)23)10-9-15(20)28-18(24)14-7-5-4-6-8-14/h4-8,15-17,19H,9-10H2,1-3H3/t15-,16?,17-,19-,20+/m1/s1. The smallest absolute Gasteiger partial charge is 0.338 e. The van der Waals surface area contributed by atoms with E-state index in [1.165, 1.54) is 20.8 Å². The van der Waals surface area contributed by atoms with Gasteiger partial charge in [0.15, 0.2) is 11.7 Å². The van der Waals surface area contributed by atoms with Crippen LogP contribution in [0.4, 0.5) is 0 Å². The normalized spacial score (nSPS) is 30.2. The minimum Gasteiger partial charge on any atom is -0.456 e. The van der Waals surface area contributed by atoms with Crippen molar-refractivity contribution >= 4 is 23.9 Å². The zero-order chi connectivity index (χ0) is 21.2. The van der Waals surface area contributed by atoms with E-state index in [0.717, 1.165) is 0 Å². The quantitative estimate of drug-likeness (QED) is 0.530. The van der Waals surface area contributed by atoms with Gasteiger partial charge in [-0.2, -0.15) is 0 Å². The van der Waals surface area contributed by atoms with Crippen LogP contribution in [0.3, 0.4) is 0 Å². The van der Waals surface area contributed by atoms with Crippen molar-refractivity contribution < 1.29 is 42.9 Å². The molecule has 1 saturated carbocycles. The Bertz CT molecular complexity index is 805. The molecule has 1 aliphatic carbocycles. The molecule has 29 heavy (non-hydrogen) atoms. The Morgan fingerprint density at radius 3 is 2.03 bits per heavy atom. The summed E-state index contributed by atoms with van der Waals surface area (Å²) in [7, 11) is 0. The van der Waals surface area contributed by atoms with Crippen molar-refractivity contribution in [2.24, 2.45) is 0 Å². The van der Waals surface area contributed by atoms with Crippen LogP contribution in [0.25, 0.3) is 0 Å². The topological polar surface area (TPSA) is 114 Å². The van der Waals surface area contributed by atoms with Crippen molar-refractivity contribution in [3.8, 4) is 0 Å². The van der Waals surface area contributed by atoms with Crippen molar-refractivity contribution in [2.75, 3.05) is 0 Å². The number of benzene rings is 1. The van der Waals surface area contributed by atoms with Gasteiger partial charge in [0.2, 0.25) is 12.4 Å². The molecule has 1 unspecified atom stereocenters. The molecule has 0 bridgehead atoms. The van der Waals surface area contributed by atoms with E-state index in [-0.39, 0.29) is 0 Å². The summed E-state index contributed by atoms with van der Waals surface area (Å²) < 4.78 is 27.3. The number of ether oxygens (including phenoxy) is 5. The predicted molar refractivity (Wildman–Crippen MR) is 95.4 cm³/mol. The number of hydrogen-bond donors (Lipinski definition) is 0. The molecule has 0 aromatic heterocycles. The van der Waals surface area contributed by atoms with Crippen molar-refractivity contribution in [1.82, 2.24) is 0 Å². The molecule has 156 valence electrons. The first kappa shape index (κ1) is 20.8. The minimum absolute atomic E-state index is 0.352. The van der Waals surface area contributed by atoms with Crippen LogP contribution in [0.5, 0.6) is 0 Å². The summed E-state index contributed by atoms with van der Waals surface area (Å²) in [5, 5.41) is 0. The van der Waals surface area contributed by atoms with Crippen LogP contribution in [-0.2, 0) is 38.1 Å². The second-order valence-corrected chi connectivity index (χ2v) is 6.95. The van der Waals surface area contributed by atoms with Gasteiger partial charge in [0.25, 0.3) is 0 Å². The van der Waals surface area contributed by atoms with E-state index in [2.05, 4.69) is 0 Å². The molecule has 2 aliphatic rings. The lowest BCUT2D eigenvalue weighted by molar-refractivity contribution is -0.246. The number of carbonyl (C=O) groups excluding carboxylic acids is 4. The van der Waals surface area contributed by atoms with Gasteiger partial charge >= 0.3 is 23.9 Å². The predicted octanol–water partition coefficient (Wildman–Crippen LogP) is 1.53. The average molecular weight is 406 g/mol. The molecule has 1 aromatic rings. The average Bonchev–Trinajstić information content (AvgIpc) is 2.93. The summed E-state index contributed by atoms with van der Waals surface area (Å²) in [5.41, 5.74) is -0.930. The summed E-state index contributed by atoms with van der Waals surface area (Å²) in [5.74, 6) is -2.54. The van der Waals surface area contributed by atoms with Crippen LogP contribution in [0.2, 0.25) is 0 Å². The zero-order valence-electron chi connectivity index (χ0n) is 16.3. The van der Waals surface area contributed by atoms with E-state index in [1.54, 1.807) is 30.3 Å². The van der Waals surface area contributed by atoms with Crippen LogP contribution in [0.15, 0.2) is 30.3 Å². The maximum atomic E-state index is 12.5. The lowest BCUT2D eigenvalue weighted by Crippen LogP contribution is -2.62. The molecule has 1 aromatic carbocycles. The van der Waals surface area contributed by atoms with Crippen LogP contribution in [0.1, 0.15) is 44.0 Å². The first-order chi connectivity index (χ1) is 13.7. The third kappa shape index (κ3) is 4.24. The fourth-order valence-electron chi connectivity index (χ4n) is 3.62. The van der Waals surface area contributed by atoms with Crippen LogP contribution in [-0.4, -0.2) is 54.1 Å². The Morgan fingerprint density at radius 2 is 1.52 bits per heavy atom. The molecule has 0 amide bonds. The summed E-state index contributed by atoms with van der Waals surface area (Å²) in [4.78, 5) is 47.2. The van der Waals surface area contributed by atoms with Gasteiger partial charge < -0.3 is 23.7 Å². The molecule has 5 atom stereocenters. The molecular weight excluding hydrogens is 384 g/mol. The second kappa shape index (κ2) is 8.20. The molecule has 1 heterocycles. The maximum Gasteiger partial charge on any atom is 0.338 e. The van der Waals surface area contributed by atoms with Crippen molar-refractivity contribution in [3.05, 3.63) is 35.9 Å². The molecule has 1 saturated heterocycles. The van der Waals surface area contributed by atoms with Gasteiger partial charge in [-0.15, -0.1) is 0 Å². The van der Waals surface area contributed by atoms with Crippen molar-refractivity contribution in [1.29, 1.82) is 0 Å². The van der Waals surface area contributed by atoms with Gasteiger partial charge in [0, 0.05) is 20.8 Å². The van der Waals surface area contributed by atoms with Gasteiger partial charge in [-0.3, -0.25) is 14.4 Å². The number of hydrogen-bond acceptors (Lipinski definition) is 9. The van der Waals surface area contributed by atoms with Crippen LogP contribution < -0.4 is 0 Å². The minimum atomic E-state index is -1.29. The Balaban J connectivity index is 1.87. The highest BCUT2D eigenvalue weighted by Gasteiger charge is 2.69. The van der Waals surface area contributed by atoms with E-state index in [0.29, 0.717) is 18.4 Å². The molecule has 1 spiro atoms. The highest BCUT2D eigenvalue weighted by atomic mass is 16.8. The van der Waals surface area contributed by atoms with E-state index < -0.39 is 54.1 Å². The molecule has 1 aliphatic heterocycles. The highest BCUT2D eigenvalue weighted by Crippen LogP contribution is 2.50. The van der Waals surface area contributed by atoms with E-state index >= 15 is 0 Å².